The summed E-state index contributed by atoms with van der Waals surface area (Å²) in [4.78, 5) is 25.7. The van der Waals surface area contributed by atoms with Gasteiger partial charge in [0, 0.05) is 0 Å². The number of hydrogen-bond donors (Lipinski definition) is 2. The van der Waals surface area contributed by atoms with Crippen LogP contribution in [0.4, 0.5) is 15.4 Å². The third kappa shape index (κ3) is 4.72. The maximum absolute atomic E-state index is 11.8. The fraction of sp³-hybridized carbons (Fsp3) is 0.333. The van der Waals surface area contributed by atoms with Crippen LogP contribution in [0.5, 0.6) is 0 Å². The summed E-state index contributed by atoms with van der Waals surface area (Å²) in [5, 5.41) is 17.7. The summed E-state index contributed by atoms with van der Waals surface area (Å²) in [5.41, 5.74) is 0.206. The van der Waals surface area contributed by atoms with Gasteiger partial charge in [0.25, 0.3) is 0 Å². The first-order valence-electron chi connectivity index (χ1n) is 5.82. The standard InChI is InChI=1S/C12H15N3O5S/c1-12(2,3)21(20)13-7-8-5-4-6-9(14-8)15(10(16)17)11(18)19/h4-7H,1-3H3,(H,16,17)(H,18,19). The summed E-state index contributed by atoms with van der Waals surface area (Å²) >= 11 is -1.49. The molecule has 2 amide bonds. The average Bonchev–Trinajstić information content (AvgIpc) is 2.34. The Hall–Kier alpha value is -2.13. The minimum atomic E-state index is -1.66. The van der Waals surface area contributed by atoms with E-state index in [1.807, 2.05) is 0 Å². The number of amides is 2. The molecular weight excluding hydrogens is 298 g/mol. The normalized spacial score (nSPS) is 13.1. The van der Waals surface area contributed by atoms with E-state index < -0.39 is 28.3 Å². The minimum Gasteiger partial charge on any atom is -0.591 e. The molecule has 0 aliphatic heterocycles. The lowest BCUT2D eigenvalue weighted by molar-refractivity contribution is 0.184. The van der Waals surface area contributed by atoms with Gasteiger partial charge in [-0.25, -0.2) is 14.6 Å². The highest BCUT2D eigenvalue weighted by Gasteiger charge is 2.26. The van der Waals surface area contributed by atoms with Crippen molar-refractivity contribution in [3.63, 3.8) is 0 Å². The van der Waals surface area contributed by atoms with Gasteiger partial charge in [-0.2, -0.15) is 4.90 Å². The molecule has 0 aromatic carbocycles. The number of nitrogens with zero attached hydrogens (tertiary/aromatic N) is 3. The van der Waals surface area contributed by atoms with Crippen molar-refractivity contribution in [1.29, 1.82) is 0 Å². The molecule has 0 bridgehead atoms. The second-order valence-electron chi connectivity index (χ2n) is 4.92. The first kappa shape index (κ1) is 16.9. The number of carbonyl (C=O) groups is 2. The van der Waals surface area contributed by atoms with Gasteiger partial charge < -0.3 is 14.8 Å². The van der Waals surface area contributed by atoms with Crippen molar-refractivity contribution in [2.24, 2.45) is 4.40 Å². The SMILES string of the molecule is CC(C)(C)[S+]([O-])N=Cc1cccc(N(C(=O)O)C(=O)O)n1. The molecule has 0 saturated carbocycles. The van der Waals surface area contributed by atoms with Crippen LogP contribution < -0.4 is 4.90 Å². The molecule has 2 N–H and O–H groups in total. The molecule has 0 aliphatic carbocycles. The van der Waals surface area contributed by atoms with E-state index in [1.54, 1.807) is 20.8 Å². The zero-order valence-electron chi connectivity index (χ0n) is 11.7. The number of pyridine rings is 1. The van der Waals surface area contributed by atoms with E-state index >= 15 is 0 Å². The lowest BCUT2D eigenvalue weighted by atomic mass is 10.3. The lowest BCUT2D eigenvalue weighted by Crippen LogP contribution is -2.35. The Labute approximate surface area is 124 Å². The number of hydrogen-bond acceptors (Lipinski definition) is 5. The molecule has 0 saturated heterocycles. The molecule has 1 aromatic heterocycles. The van der Waals surface area contributed by atoms with Gasteiger partial charge in [0.05, 0.1) is 5.69 Å². The molecule has 1 aromatic rings. The summed E-state index contributed by atoms with van der Waals surface area (Å²) in [7, 11) is 0. The third-order valence-electron chi connectivity index (χ3n) is 2.17. The minimum absolute atomic E-state index is 0.0814. The highest BCUT2D eigenvalue weighted by atomic mass is 32.2. The quantitative estimate of drug-likeness (QED) is 0.650. The number of carboxylic acid groups (broad SMARTS) is 2. The second-order valence-corrected chi connectivity index (χ2v) is 6.85. The van der Waals surface area contributed by atoms with Crippen molar-refractivity contribution in [3.05, 3.63) is 23.9 Å². The van der Waals surface area contributed by atoms with Crippen LogP contribution >= 0.6 is 0 Å². The lowest BCUT2D eigenvalue weighted by Gasteiger charge is -2.17. The van der Waals surface area contributed by atoms with Gasteiger partial charge >= 0.3 is 12.2 Å². The van der Waals surface area contributed by atoms with Crippen LogP contribution in [0.3, 0.4) is 0 Å². The van der Waals surface area contributed by atoms with Gasteiger partial charge in [-0.1, -0.05) is 10.5 Å². The Morgan fingerprint density at radius 3 is 2.38 bits per heavy atom. The number of anilines is 1. The van der Waals surface area contributed by atoms with Gasteiger partial charge in [0.15, 0.2) is 0 Å². The van der Waals surface area contributed by atoms with Gasteiger partial charge in [0.2, 0.25) is 0 Å². The van der Waals surface area contributed by atoms with Gasteiger partial charge in [-0.3, -0.25) is 0 Å². The molecule has 1 unspecified atom stereocenters. The molecule has 1 atom stereocenters. The van der Waals surface area contributed by atoms with Gasteiger partial charge in [0.1, 0.15) is 28.1 Å². The first-order valence-corrected chi connectivity index (χ1v) is 6.92. The number of rotatable bonds is 3. The highest BCUT2D eigenvalue weighted by Crippen LogP contribution is 2.17. The monoisotopic (exact) mass is 313 g/mol. The Bertz CT molecular complexity index is 556. The average molecular weight is 313 g/mol. The van der Waals surface area contributed by atoms with E-state index in [1.165, 1.54) is 24.4 Å². The Balaban J connectivity index is 3.03. The fourth-order valence-electron chi connectivity index (χ4n) is 1.17. The third-order valence-corrected chi connectivity index (χ3v) is 3.52. The summed E-state index contributed by atoms with van der Waals surface area (Å²) in [5.74, 6) is -0.277. The Kier molecular flexibility index (Phi) is 5.28. The largest absolute Gasteiger partial charge is 0.591 e. The van der Waals surface area contributed by atoms with Crippen molar-refractivity contribution in [2.45, 2.75) is 25.5 Å². The van der Waals surface area contributed by atoms with Gasteiger partial charge in [-0.05, 0) is 32.9 Å². The van der Waals surface area contributed by atoms with Crippen LogP contribution in [0.1, 0.15) is 26.5 Å². The summed E-state index contributed by atoms with van der Waals surface area (Å²) in [6, 6.07) is 4.16. The predicted octanol–water partition coefficient (Wildman–Crippen LogP) is 2.13. The summed E-state index contributed by atoms with van der Waals surface area (Å²) in [6.45, 7) is 5.25. The molecule has 0 aliphatic rings. The number of imide groups is 1. The molecule has 114 valence electrons. The van der Waals surface area contributed by atoms with Crippen LogP contribution in [0, 0.1) is 0 Å². The van der Waals surface area contributed by atoms with Crippen molar-refractivity contribution >= 4 is 35.6 Å². The molecule has 1 rings (SSSR count). The van der Waals surface area contributed by atoms with E-state index in [2.05, 4.69) is 9.38 Å². The van der Waals surface area contributed by atoms with E-state index in [4.69, 9.17) is 10.2 Å². The molecule has 1 heterocycles. The van der Waals surface area contributed by atoms with Crippen LogP contribution in [0.2, 0.25) is 0 Å². The van der Waals surface area contributed by atoms with E-state index in [0.29, 0.717) is 0 Å². The number of aromatic nitrogens is 1. The molecule has 21 heavy (non-hydrogen) atoms. The van der Waals surface area contributed by atoms with Crippen molar-refractivity contribution < 1.29 is 24.4 Å². The zero-order valence-corrected chi connectivity index (χ0v) is 12.5. The fourth-order valence-corrected chi connectivity index (χ4v) is 1.69. The van der Waals surface area contributed by atoms with Crippen LogP contribution in [0.25, 0.3) is 0 Å². The van der Waals surface area contributed by atoms with E-state index in [9.17, 15) is 14.1 Å². The summed E-state index contributed by atoms with van der Waals surface area (Å²) < 4.78 is 15.0. The molecule has 0 spiro atoms. The zero-order chi connectivity index (χ0) is 16.2. The molecule has 9 heteroatoms. The highest BCUT2D eigenvalue weighted by molar-refractivity contribution is 7.91. The van der Waals surface area contributed by atoms with Crippen LogP contribution in [-0.2, 0) is 11.4 Å². The van der Waals surface area contributed by atoms with Crippen molar-refractivity contribution in [2.75, 3.05) is 4.90 Å². The maximum Gasteiger partial charge on any atom is 0.422 e. The van der Waals surface area contributed by atoms with Crippen LogP contribution in [0.15, 0.2) is 22.6 Å². The Morgan fingerprint density at radius 2 is 1.90 bits per heavy atom. The molecule has 8 nitrogen and oxygen atoms in total. The van der Waals surface area contributed by atoms with E-state index in [0.717, 1.165) is 0 Å². The van der Waals surface area contributed by atoms with Crippen molar-refractivity contribution in [3.8, 4) is 0 Å². The first-order chi connectivity index (χ1) is 9.62. The van der Waals surface area contributed by atoms with Crippen LogP contribution in [-0.4, -0.2) is 42.9 Å². The predicted molar refractivity (Wildman–Crippen MR) is 78.3 cm³/mol. The molecule has 0 fully saturated rings. The van der Waals surface area contributed by atoms with Gasteiger partial charge in [-0.15, -0.1) is 0 Å². The molecule has 0 radical (unpaired) electrons. The second kappa shape index (κ2) is 6.55. The smallest absolute Gasteiger partial charge is 0.422 e. The summed E-state index contributed by atoms with van der Waals surface area (Å²) in [6.07, 6.45) is -2.11. The topological polar surface area (TPSA) is 126 Å². The van der Waals surface area contributed by atoms with E-state index in [-0.39, 0.29) is 16.4 Å². The molecular formula is C12H15N3O5S. The maximum atomic E-state index is 11.8. The Morgan fingerprint density at radius 1 is 1.33 bits per heavy atom. The van der Waals surface area contributed by atoms with Crippen molar-refractivity contribution in [1.82, 2.24) is 4.98 Å².